The summed E-state index contributed by atoms with van der Waals surface area (Å²) in [6.07, 6.45) is 0. The van der Waals surface area contributed by atoms with E-state index in [9.17, 15) is 0 Å². The van der Waals surface area contributed by atoms with Gasteiger partial charge in [0.1, 0.15) is 0 Å². The molecule has 0 atom stereocenters. The molecule has 0 saturated heterocycles. The van der Waals surface area contributed by atoms with Gasteiger partial charge in [0.15, 0.2) is 0 Å². The predicted octanol–water partition coefficient (Wildman–Crippen LogP) is -1.07. The zero-order chi connectivity index (χ0) is 7.33. The van der Waals surface area contributed by atoms with E-state index in [1.165, 1.54) is 28.4 Å². The van der Waals surface area contributed by atoms with Crippen molar-refractivity contribution >= 4 is 17.6 Å². The topological polar surface area (TPSA) is 36.9 Å². The second-order valence-corrected chi connectivity index (χ2v) is 10.8. The third-order valence-corrected chi connectivity index (χ3v) is 8.19. The fourth-order valence-electron chi connectivity index (χ4n) is 0.500. The Morgan fingerprint density at radius 3 is 0.900 bits per heavy atom. The van der Waals surface area contributed by atoms with Gasteiger partial charge >= 0.3 is 79.2 Å². The predicted molar refractivity (Wildman–Crippen MR) is 39.4 cm³/mol. The first-order valence-corrected chi connectivity index (χ1v) is 8.32. The van der Waals surface area contributed by atoms with Crippen LogP contribution in [0.5, 0.6) is 0 Å². The Kier molecular flexibility index (Phi) is 9.58. The molecule has 4 nitrogen and oxygen atoms in total. The molecule has 0 saturated carbocycles. The summed E-state index contributed by atoms with van der Waals surface area (Å²) in [4.78, 5) is 0. The maximum atomic E-state index is 4.94. The summed E-state index contributed by atoms with van der Waals surface area (Å²) in [5.74, 6) is 0. The molecule has 64 valence electrons. The minimum absolute atomic E-state index is 0. The molecular formula is C4H16GeHfO4. The molecule has 0 aliphatic rings. The molecule has 10 heavy (non-hydrogen) atoms. The molecule has 0 bridgehead atoms. The van der Waals surface area contributed by atoms with Crippen LogP contribution in [-0.4, -0.2) is 46.0 Å². The Hall–Kier alpha value is 1.25. The van der Waals surface area contributed by atoms with Gasteiger partial charge in [-0.3, -0.25) is 0 Å². The average molecular weight is 379 g/mol. The summed E-state index contributed by atoms with van der Waals surface area (Å²) in [6.45, 7) is 0. The van der Waals surface area contributed by atoms with Gasteiger partial charge in [0.05, 0.1) is 0 Å². The zero-order valence-electron chi connectivity index (χ0n) is 6.13. The molecule has 0 radical (unpaired) electrons. The number of hydrogen-bond acceptors (Lipinski definition) is 4. The van der Waals surface area contributed by atoms with Crippen molar-refractivity contribution in [3.63, 3.8) is 0 Å². The normalized spacial score (nSPS) is 10.8. The summed E-state index contributed by atoms with van der Waals surface area (Å²) in [5.41, 5.74) is 0. The van der Waals surface area contributed by atoms with E-state index in [4.69, 9.17) is 11.4 Å². The Morgan fingerprint density at radius 1 is 0.700 bits per heavy atom. The molecule has 0 spiro atoms. The van der Waals surface area contributed by atoms with Crippen LogP contribution in [0.3, 0.4) is 0 Å². The zero-order valence-corrected chi connectivity index (χ0v) is 9.73. The molecule has 0 aliphatic heterocycles. The minimum atomic E-state index is -3.51. The van der Waals surface area contributed by atoms with Crippen molar-refractivity contribution in [1.29, 1.82) is 0 Å². The fourth-order valence-corrected chi connectivity index (χ4v) is 4.09. The van der Waals surface area contributed by atoms with Crippen LogP contribution in [0.2, 0.25) is 0 Å². The summed E-state index contributed by atoms with van der Waals surface area (Å²) in [5, 5.41) is 0. The SMILES string of the molecule is C[O][Hf]([O]C)([O]C)[O]C.[GeH4]. The molecule has 0 amide bonds. The van der Waals surface area contributed by atoms with E-state index >= 15 is 0 Å². The van der Waals surface area contributed by atoms with E-state index in [2.05, 4.69) is 0 Å². The first-order valence-electron chi connectivity index (χ1n) is 2.45. The van der Waals surface area contributed by atoms with Crippen LogP contribution in [0, 0.1) is 0 Å². The fraction of sp³-hybridized carbons (Fsp3) is 1.00. The monoisotopic (exact) mass is 382 g/mol. The Labute approximate surface area is 78.9 Å². The van der Waals surface area contributed by atoms with Crippen LogP contribution >= 0.6 is 0 Å². The molecule has 0 N–H and O–H groups in total. The summed E-state index contributed by atoms with van der Waals surface area (Å²) >= 11 is -3.51. The van der Waals surface area contributed by atoms with Crippen LogP contribution in [0.4, 0.5) is 0 Å². The van der Waals surface area contributed by atoms with Gasteiger partial charge in [0.2, 0.25) is 0 Å². The standard InChI is InChI=1S/4CH3O.GeH4.Hf/c4*1-2;;/h4*1H3;1H4;/q4*-1;;+4. The summed E-state index contributed by atoms with van der Waals surface area (Å²) < 4.78 is 19.8. The van der Waals surface area contributed by atoms with E-state index in [-0.39, 0.29) is 17.6 Å². The number of hydrogen-bond donors (Lipinski definition) is 0. The molecule has 0 aromatic carbocycles. The van der Waals surface area contributed by atoms with E-state index in [1.54, 1.807) is 0 Å². The second kappa shape index (κ2) is 6.93. The number of rotatable bonds is 4. The van der Waals surface area contributed by atoms with Crippen LogP contribution < -0.4 is 0 Å². The van der Waals surface area contributed by atoms with Crippen LogP contribution in [0.15, 0.2) is 0 Å². The van der Waals surface area contributed by atoms with Gasteiger partial charge in [0.25, 0.3) is 0 Å². The molecule has 6 heteroatoms. The Morgan fingerprint density at radius 2 is 0.900 bits per heavy atom. The molecule has 0 aromatic heterocycles. The van der Waals surface area contributed by atoms with Gasteiger partial charge in [-0.2, -0.15) is 0 Å². The van der Waals surface area contributed by atoms with Gasteiger partial charge in [-0.1, -0.05) is 0 Å². The average Bonchev–Trinajstić information content (AvgIpc) is 1.95. The first-order chi connectivity index (χ1) is 4.24. The van der Waals surface area contributed by atoms with Crippen molar-refractivity contribution in [2.75, 3.05) is 28.4 Å². The third kappa shape index (κ3) is 3.59. The molecule has 0 fully saturated rings. The molecule has 0 aliphatic carbocycles. The van der Waals surface area contributed by atoms with Crippen LogP contribution in [0.25, 0.3) is 0 Å². The molecule has 0 rings (SSSR count). The van der Waals surface area contributed by atoms with E-state index in [0.29, 0.717) is 0 Å². The van der Waals surface area contributed by atoms with Gasteiger partial charge in [-0.25, -0.2) is 0 Å². The first kappa shape index (κ1) is 13.8. The van der Waals surface area contributed by atoms with Gasteiger partial charge < -0.3 is 0 Å². The van der Waals surface area contributed by atoms with Crippen LogP contribution in [-0.2, 0) is 33.1 Å². The molecule has 0 unspecified atom stereocenters. The Balaban J connectivity index is 0. The molecule has 0 aromatic rings. The van der Waals surface area contributed by atoms with Crippen molar-refractivity contribution in [1.82, 2.24) is 0 Å². The summed E-state index contributed by atoms with van der Waals surface area (Å²) in [6, 6.07) is 0. The van der Waals surface area contributed by atoms with Crippen molar-refractivity contribution < 1.29 is 33.1 Å². The van der Waals surface area contributed by atoms with Gasteiger partial charge in [-0.05, 0) is 0 Å². The van der Waals surface area contributed by atoms with Crippen molar-refractivity contribution in [2.45, 2.75) is 0 Å². The quantitative estimate of drug-likeness (QED) is 0.584. The summed E-state index contributed by atoms with van der Waals surface area (Å²) in [7, 11) is 6.10. The van der Waals surface area contributed by atoms with Crippen molar-refractivity contribution in [3.8, 4) is 0 Å². The molecular weight excluding hydrogens is 363 g/mol. The van der Waals surface area contributed by atoms with Crippen LogP contribution in [0.1, 0.15) is 0 Å². The Bertz CT molecular complexity index is 60.1. The van der Waals surface area contributed by atoms with Crippen molar-refractivity contribution in [2.24, 2.45) is 0 Å². The van der Waals surface area contributed by atoms with Gasteiger partial charge in [0, 0.05) is 0 Å². The van der Waals surface area contributed by atoms with E-state index < -0.39 is 21.7 Å². The van der Waals surface area contributed by atoms with E-state index in [0.717, 1.165) is 0 Å². The molecule has 0 heterocycles. The maximum absolute atomic E-state index is 4.94. The van der Waals surface area contributed by atoms with Crippen molar-refractivity contribution in [3.05, 3.63) is 0 Å². The van der Waals surface area contributed by atoms with E-state index in [1.807, 2.05) is 0 Å². The van der Waals surface area contributed by atoms with Gasteiger partial charge in [-0.15, -0.1) is 0 Å². The third-order valence-electron chi connectivity index (χ3n) is 1.00. The second-order valence-electron chi connectivity index (χ2n) is 1.32.